The number of methoxy groups -OCH3 is 1. The highest BCUT2D eigenvalue weighted by Crippen LogP contribution is 2.61. The van der Waals surface area contributed by atoms with Gasteiger partial charge in [0.2, 0.25) is 0 Å². The van der Waals surface area contributed by atoms with Gasteiger partial charge in [0.1, 0.15) is 23.0 Å². The summed E-state index contributed by atoms with van der Waals surface area (Å²) >= 11 is 6.26. The maximum Gasteiger partial charge on any atom is 0.186 e. The van der Waals surface area contributed by atoms with Gasteiger partial charge in [0.15, 0.2) is 17.3 Å². The Hall–Kier alpha value is -4.55. The summed E-state index contributed by atoms with van der Waals surface area (Å²) in [5.74, 6) is -1.74. The van der Waals surface area contributed by atoms with E-state index in [9.17, 15) is 18.8 Å². The van der Waals surface area contributed by atoms with E-state index in [0.29, 0.717) is 44.3 Å². The molecule has 7 rings (SSSR count). The number of benzene rings is 4. The second-order valence-corrected chi connectivity index (χ2v) is 11.0. The summed E-state index contributed by atoms with van der Waals surface area (Å²) in [6, 6.07) is 23.1. The molecule has 2 heterocycles. The van der Waals surface area contributed by atoms with Crippen LogP contribution in [0.4, 0.5) is 10.1 Å². The van der Waals surface area contributed by atoms with Crippen molar-refractivity contribution in [2.24, 2.45) is 5.41 Å². The Kier molecular flexibility index (Phi) is 5.73. The van der Waals surface area contributed by atoms with Crippen LogP contribution in [-0.4, -0.2) is 36.5 Å². The summed E-state index contributed by atoms with van der Waals surface area (Å²) < 4.78 is 19.8. The highest BCUT2D eigenvalue weighted by atomic mass is 35.5. The third-order valence-electron chi connectivity index (χ3n) is 8.62. The zero-order valence-corrected chi connectivity index (χ0v) is 22.6. The minimum atomic E-state index is -1.64. The molecule has 0 N–H and O–H groups in total. The molecule has 202 valence electrons. The number of ketones is 3. The molecule has 1 fully saturated rings. The van der Waals surface area contributed by atoms with E-state index < -0.39 is 29.2 Å². The first-order valence-electron chi connectivity index (χ1n) is 13.2. The van der Waals surface area contributed by atoms with E-state index in [1.807, 2.05) is 4.90 Å². The van der Waals surface area contributed by atoms with Crippen LogP contribution in [0.1, 0.15) is 48.1 Å². The number of carbonyl (C=O) groups is 3. The molecule has 1 unspecified atom stereocenters. The summed E-state index contributed by atoms with van der Waals surface area (Å²) in [5, 5.41) is 0.488. The Bertz CT molecular complexity index is 1760. The van der Waals surface area contributed by atoms with Crippen LogP contribution in [0.2, 0.25) is 5.02 Å². The van der Waals surface area contributed by atoms with E-state index in [-0.39, 0.29) is 17.3 Å². The summed E-state index contributed by atoms with van der Waals surface area (Å²) in [6.45, 7) is 0. The molecule has 0 aromatic heterocycles. The molecule has 3 aliphatic rings. The number of rotatable bonds is 4. The van der Waals surface area contributed by atoms with E-state index in [2.05, 4.69) is 0 Å². The number of nitrogens with zero attached hydrogens (tertiary/aromatic N) is 1. The van der Waals surface area contributed by atoms with Crippen molar-refractivity contribution in [1.29, 1.82) is 0 Å². The summed E-state index contributed by atoms with van der Waals surface area (Å²) in [4.78, 5) is 45.7. The molecule has 7 heteroatoms. The molecular weight excluding hydrogens is 541 g/mol. The average molecular weight is 564 g/mol. The predicted octanol–water partition coefficient (Wildman–Crippen LogP) is 6.80. The van der Waals surface area contributed by atoms with Gasteiger partial charge < -0.3 is 9.64 Å². The van der Waals surface area contributed by atoms with Gasteiger partial charge in [-0.2, -0.15) is 0 Å². The first kappa shape index (κ1) is 25.4. The summed E-state index contributed by atoms with van der Waals surface area (Å²) in [6.07, 6.45) is 3.51. The zero-order valence-electron chi connectivity index (χ0n) is 21.9. The van der Waals surface area contributed by atoms with Crippen molar-refractivity contribution in [2.45, 2.75) is 18.0 Å². The standard InChI is InChI=1S/C34H23ClFNO4/c1-41-24-6-4-5-21(18-24)31(38)30-29(19-9-12-22(35)13-10-19)34(32(39)25-7-2-3-8-26(25)33(34)40)28-16-11-20-17-23(36)14-15-27(20)37(28)30/h2-18,28-30H,1H3/t28?,29-,30+/m0/s1. The number of halogens is 2. The van der Waals surface area contributed by atoms with Crippen molar-refractivity contribution < 1.29 is 23.5 Å². The van der Waals surface area contributed by atoms with Gasteiger partial charge in [-0.1, -0.05) is 72.3 Å². The topological polar surface area (TPSA) is 63.7 Å². The fourth-order valence-electron chi connectivity index (χ4n) is 6.94. The van der Waals surface area contributed by atoms with Crippen LogP contribution < -0.4 is 9.64 Å². The minimum Gasteiger partial charge on any atom is -0.497 e. The molecule has 4 aromatic carbocycles. The first-order chi connectivity index (χ1) is 19.9. The maximum absolute atomic E-state index is 14.7. The van der Waals surface area contributed by atoms with Gasteiger partial charge in [-0.3, -0.25) is 14.4 Å². The van der Waals surface area contributed by atoms with Gasteiger partial charge in [-0.05, 0) is 48.0 Å². The molecule has 5 nitrogen and oxygen atoms in total. The van der Waals surface area contributed by atoms with Crippen LogP contribution in [0.3, 0.4) is 0 Å². The van der Waals surface area contributed by atoms with Crippen molar-refractivity contribution in [2.75, 3.05) is 12.0 Å². The summed E-state index contributed by atoms with van der Waals surface area (Å²) in [5.41, 5.74) is 1.18. The number of hydrogen-bond acceptors (Lipinski definition) is 5. The number of hydrogen-bond donors (Lipinski definition) is 0. The Morgan fingerprint density at radius 1 is 0.902 bits per heavy atom. The molecule has 1 saturated heterocycles. The van der Waals surface area contributed by atoms with Gasteiger partial charge in [-0.25, -0.2) is 4.39 Å². The first-order valence-corrected chi connectivity index (χ1v) is 13.6. The normalized spacial score (nSPS) is 21.5. The molecule has 0 bridgehead atoms. The molecular formula is C34H23ClFNO4. The summed E-state index contributed by atoms with van der Waals surface area (Å²) in [7, 11) is 1.52. The average Bonchev–Trinajstić information content (AvgIpc) is 3.43. The highest BCUT2D eigenvalue weighted by Gasteiger charge is 2.71. The number of anilines is 1. The number of ether oxygens (including phenoxy) is 1. The Morgan fingerprint density at radius 3 is 2.29 bits per heavy atom. The SMILES string of the molecule is COc1cccc(C(=O)[C@H]2[C@H](c3ccc(Cl)cc3)C3(C(=O)c4ccccc4C3=O)C3C=Cc4cc(F)ccc4N32)c1. The molecule has 0 amide bonds. The predicted molar refractivity (Wildman–Crippen MR) is 155 cm³/mol. The molecule has 0 radical (unpaired) electrons. The van der Waals surface area contributed by atoms with Crippen LogP contribution in [0, 0.1) is 11.2 Å². The van der Waals surface area contributed by atoms with Crippen molar-refractivity contribution in [3.8, 4) is 5.75 Å². The lowest BCUT2D eigenvalue weighted by molar-refractivity contribution is 0.0666. The molecule has 3 atom stereocenters. The highest BCUT2D eigenvalue weighted by molar-refractivity contribution is 6.32. The van der Waals surface area contributed by atoms with Gasteiger partial charge in [-0.15, -0.1) is 0 Å². The maximum atomic E-state index is 14.7. The molecule has 0 saturated carbocycles. The molecule has 1 aliphatic carbocycles. The zero-order chi connectivity index (χ0) is 28.5. The van der Waals surface area contributed by atoms with Crippen LogP contribution in [0.15, 0.2) is 97.1 Å². The number of Topliss-reactive ketones (excluding diaryl/α,β-unsaturated/α-hetero) is 3. The second-order valence-electron chi connectivity index (χ2n) is 10.6. The molecule has 41 heavy (non-hydrogen) atoms. The van der Waals surface area contributed by atoms with E-state index >= 15 is 0 Å². The van der Waals surface area contributed by atoms with Gasteiger partial charge in [0.05, 0.1) is 13.2 Å². The molecule has 1 spiro atoms. The van der Waals surface area contributed by atoms with E-state index in [1.165, 1.54) is 19.2 Å². The van der Waals surface area contributed by atoms with Gasteiger partial charge >= 0.3 is 0 Å². The quantitative estimate of drug-likeness (QED) is 0.202. The number of carbonyl (C=O) groups excluding carboxylic acids is 3. The molecule has 4 aromatic rings. The third kappa shape index (κ3) is 3.50. The fraction of sp³-hybridized carbons (Fsp3) is 0.147. The van der Waals surface area contributed by atoms with Crippen LogP contribution in [-0.2, 0) is 0 Å². The van der Waals surface area contributed by atoms with Crippen molar-refractivity contribution in [1.82, 2.24) is 0 Å². The monoisotopic (exact) mass is 563 g/mol. The lowest BCUT2D eigenvalue weighted by Gasteiger charge is -2.37. The Labute approximate surface area is 240 Å². The third-order valence-corrected chi connectivity index (χ3v) is 8.87. The van der Waals surface area contributed by atoms with Crippen molar-refractivity contribution >= 4 is 40.7 Å². The largest absolute Gasteiger partial charge is 0.497 e. The lowest BCUT2D eigenvalue weighted by Crippen LogP contribution is -2.48. The van der Waals surface area contributed by atoms with E-state index in [4.69, 9.17) is 16.3 Å². The smallest absolute Gasteiger partial charge is 0.186 e. The van der Waals surface area contributed by atoms with Crippen LogP contribution in [0.5, 0.6) is 5.75 Å². The van der Waals surface area contributed by atoms with Crippen molar-refractivity contribution in [3.63, 3.8) is 0 Å². The van der Waals surface area contributed by atoms with E-state index in [0.717, 1.165) is 0 Å². The van der Waals surface area contributed by atoms with Gasteiger partial charge in [0, 0.05) is 38.9 Å². The molecule has 2 aliphatic heterocycles. The van der Waals surface area contributed by atoms with Crippen molar-refractivity contribution in [3.05, 3.63) is 136 Å². The lowest BCUT2D eigenvalue weighted by atomic mass is 9.64. The fourth-order valence-corrected chi connectivity index (χ4v) is 7.06. The van der Waals surface area contributed by atoms with Crippen LogP contribution >= 0.6 is 11.6 Å². The minimum absolute atomic E-state index is 0.284. The van der Waals surface area contributed by atoms with Gasteiger partial charge in [0.25, 0.3) is 0 Å². The number of fused-ring (bicyclic) bond motifs is 5. The Balaban J connectivity index is 1.54. The van der Waals surface area contributed by atoms with E-state index in [1.54, 1.807) is 91.0 Å². The van der Waals surface area contributed by atoms with Crippen LogP contribution in [0.25, 0.3) is 6.08 Å². The Morgan fingerprint density at radius 2 is 1.61 bits per heavy atom. The second kappa shape index (κ2) is 9.25.